The summed E-state index contributed by atoms with van der Waals surface area (Å²) in [6.45, 7) is 1.70. The summed E-state index contributed by atoms with van der Waals surface area (Å²) in [4.78, 5) is 81.3. The summed E-state index contributed by atoms with van der Waals surface area (Å²) >= 11 is 0. The number of imide groups is 1. The number of halogens is 1. The summed E-state index contributed by atoms with van der Waals surface area (Å²) in [7, 11) is -10.8. The largest absolute Gasteiger partial charge is 0.481 e. The van der Waals surface area contributed by atoms with E-state index in [9.17, 15) is 53.1 Å². The fourth-order valence-electron chi connectivity index (χ4n) is 8.71. The molecule has 5 aliphatic rings. The van der Waals surface area contributed by atoms with Crippen LogP contribution in [0, 0.1) is 28.6 Å². The van der Waals surface area contributed by atoms with Gasteiger partial charge in [-0.2, -0.15) is 4.31 Å². The molecule has 0 saturated heterocycles. The zero-order valence-corrected chi connectivity index (χ0v) is 28.7. The van der Waals surface area contributed by atoms with Crippen molar-refractivity contribution in [3.8, 4) is 0 Å². The minimum Gasteiger partial charge on any atom is -0.390 e. The molecule has 16 nitrogen and oxygen atoms in total. The van der Waals surface area contributed by atoms with Crippen molar-refractivity contribution < 1.29 is 70.9 Å². The summed E-state index contributed by atoms with van der Waals surface area (Å²) in [5.41, 5.74) is -6.63. The number of Topliss-reactive ketones (excluding diaryl/α,β-unsaturated/α-hetero) is 1. The van der Waals surface area contributed by atoms with E-state index < -0.39 is 111 Å². The maximum Gasteiger partial charge on any atom is 0.481 e. The average molecular weight is 733 g/mol. The number of carbonyl (C=O) groups is 5. The molecule has 0 spiro atoms. The highest BCUT2D eigenvalue weighted by atomic mass is 31.3. The number of phosphoric acid groups is 2. The third-order valence-corrected chi connectivity index (χ3v) is 13.7. The first-order valence-electron chi connectivity index (χ1n) is 15.6. The molecule has 0 aromatic heterocycles. The Morgan fingerprint density at radius 1 is 1.06 bits per heavy atom. The number of ketones is 2. The van der Waals surface area contributed by atoms with Crippen molar-refractivity contribution in [2.75, 3.05) is 26.3 Å². The number of alkyl halides is 1. The summed E-state index contributed by atoms with van der Waals surface area (Å²) in [6, 6.07) is 0. The number of hydrogen-bond donors (Lipinski definition) is 5. The Hall–Kier alpha value is -2.72. The second-order valence-corrected chi connectivity index (χ2v) is 16.7. The number of carbonyl (C=O) groups excluding carboxylic acids is 5. The van der Waals surface area contributed by atoms with E-state index in [1.807, 2.05) is 0 Å². The molecule has 1 aliphatic heterocycles. The standard InChI is InChI=1S/C30H39FN2O14P2/c1-17-12-21-20-5-4-18-13-19(34)8-9-27(18,2)29(20,31)22(35)14-28(21,3)30(17,40)23(36)16-46-49(43,44)47-48(41,42)45-11-10-32-24(37)15-33-25(38)6-7-26(33)39/h6-9,13,17,20-22,35,40H,4-5,10-12,14-16H2,1-3H3,(H,32,37)(H,41,42)(H,43,44)/t17-,20+,21+,22+,27+,28+,29+,30+/m1/s1. The quantitative estimate of drug-likeness (QED) is 0.108. The van der Waals surface area contributed by atoms with Crippen LogP contribution in [-0.4, -0.2) is 97.9 Å². The lowest BCUT2D eigenvalue weighted by Crippen LogP contribution is -2.69. The van der Waals surface area contributed by atoms with Gasteiger partial charge in [-0.15, -0.1) is 0 Å². The van der Waals surface area contributed by atoms with Crippen molar-refractivity contribution in [1.82, 2.24) is 10.2 Å². The molecular weight excluding hydrogens is 693 g/mol. The van der Waals surface area contributed by atoms with E-state index in [2.05, 4.69) is 14.2 Å². The Labute approximate surface area is 280 Å². The number of hydrogen-bond acceptors (Lipinski definition) is 12. The summed E-state index contributed by atoms with van der Waals surface area (Å²) in [5, 5.41) is 25.6. The number of aliphatic hydroxyl groups excluding tert-OH is 1. The maximum atomic E-state index is 17.3. The second-order valence-electron chi connectivity index (χ2n) is 13.7. The van der Waals surface area contributed by atoms with Gasteiger partial charge in [0, 0.05) is 35.4 Å². The first kappa shape index (κ1) is 37.5. The normalized spacial score (nSPS) is 39.1. The van der Waals surface area contributed by atoms with E-state index in [0.29, 0.717) is 16.9 Å². The molecule has 5 rings (SSSR count). The molecule has 2 unspecified atom stereocenters. The molecule has 49 heavy (non-hydrogen) atoms. The minimum atomic E-state index is -5.49. The number of phosphoric ester groups is 2. The van der Waals surface area contributed by atoms with Crippen molar-refractivity contribution >= 4 is 44.9 Å². The van der Waals surface area contributed by atoms with Gasteiger partial charge in [0.1, 0.15) is 18.8 Å². The fraction of sp³-hybridized carbons (Fsp3) is 0.633. The predicted molar refractivity (Wildman–Crippen MR) is 164 cm³/mol. The molecule has 10 atom stereocenters. The minimum absolute atomic E-state index is 0.171. The highest BCUT2D eigenvalue weighted by Crippen LogP contribution is 2.71. The van der Waals surface area contributed by atoms with Crippen LogP contribution in [-0.2, 0) is 46.5 Å². The SMILES string of the molecule is C[C@@H]1C[C@H]2[C@@H]3CCC4=CC(=O)C=C[C@]4(C)[C@@]3(F)[C@@H](O)C[C@]2(C)[C@@]1(O)C(=O)COP(=O)(O)OP(=O)(O)OCCNC(=O)CN1C(=O)C=CC1=O. The molecule has 1 heterocycles. The van der Waals surface area contributed by atoms with Gasteiger partial charge in [0.25, 0.3) is 11.8 Å². The molecule has 3 saturated carbocycles. The van der Waals surface area contributed by atoms with Crippen LogP contribution in [0.5, 0.6) is 0 Å². The zero-order chi connectivity index (χ0) is 36.4. The van der Waals surface area contributed by atoms with Gasteiger partial charge in [-0.1, -0.05) is 25.5 Å². The van der Waals surface area contributed by atoms with Crippen molar-refractivity contribution in [2.24, 2.45) is 28.6 Å². The topological polar surface area (TPSA) is 243 Å². The van der Waals surface area contributed by atoms with Crippen LogP contribution < -0.4 is 5.32 Å². The van der Waals surface area contributed by atoms with Crippen molar-refractivity contribution in [3.63, 3.8) is 0 Å². The van der Waals surface area contributed by atoms with Gasteiger partial charge >= 0.3 is 15.6 Å². The first-order valence-corrected chi connectivity index (χ1v) is 18.6. The Morgan fingerprint density at radius 2 is 1.69 bits per heavy atom. The molecule has 19 heteroatoms. The molecule has 0 aromatic rings. The summed E-state index contributed by atoms with van der Waals surface area (Å²) in [6.07, 6.45) is 4.86. The van der Waals surface area contributed by atoms with Crippen LogP contribution in [0.1, 0.15) is 46.5 Å². The van der Waals surface area contributed by atoms with Gasteiger partial charge in [-0.3, -0.25) is 37.9 Å². The molecule has 270 valence electrons. The molecule has 3 fully saturated rings. The number of aliphatic hydroxyl groups is 2. The molecular formula is C30H39FN2O14P2. The van der Waals surface area contributed by atoms with Crippen LogP contribution in [0.4, 0.5) is 4.39 Å². The molecule has 0 aromatic carbocycles. The smallest absolute Gasteiger partial charge is 0.390 e. The van der Waals surface area contributed by atoms with Crippen molar-refractivity contribution in [2.45, 2.75) is 63.8 Å². The van der Waals surface area contributed by atoms with Crippen molar-refractivity contribution in [1.29, 1.82) is 0 Å². The number of fused-ring (bicyclic) bond motifs is 5. The number of nitrogens with one attached hydrogen (secondary N) is 1. The van der Waals surface area contributed by atoms with Crippen LogP contribution in [0.2, 0.25) is 0 Å². The van der Waals surface area contributed by atoms with E-state index in [0.717, 1.165) is 12.2 Å². The molecule has 4 aliphatic carbocycles. The Morgan fingerprint density at radius 3 is 2.35 bits per heavy atom. The molecule has 5 N–H and O–H groups in total. The van der Waals surface area contributed by atoms with Gasteiger partial charge in [-0.05, 0) is 56.6 Å². The van der Waals surface area contributed by atoms with Gasteiger partial charge < -0.3 is 25.3 Å². The number of amides is 3. The third kappa shape index (κ3) is 6.27. The van der Waals surface area contributed by atoms with E-state index in [-0.39, 0.29) is 25.0 Å². The van der Waals surface area contributed by atoms with Gasteiger partial charge in [0.15, 0.2) is 17.2 Å². The molecule has 3 amide bonds. The van der Waals surface area contributed by atoms with Crippen molar-refractivity contribution in [3.05, 3.63) is 36.0 Å². The van der Waals surface area contributed by atoms with E-state index in [1.165, 1.54) is 18.2 Å². The predicted octanol–water partition coefficient (Wildman–Crippen LogP) is 1.20. The lowest BCUT2D eigenvalue weighted by atomic mass is 9.44. The number of nitrogens with zero attached hydrogens (tertiary/aromatic N) is 1. The Bertz CT molecular complexity index is 1650. The number of allylic oxidation sites excluding steroid dienone is 4. The second kappa shape index (κ2) is 12.8. The van der Waals surface area contributed by atoms with E-state index >= 15 is 4.39 Å². The lowest BCUT2D eigenvalue weighted by molar-refractivity contribution is -0.219. The van der Waals surface area contributed by atoms with E-state index in [4.69, 9.17) is 4.52 Å². The highest BCUT2D eigenvalue weighted by Gasteiger charge is 2.75. The first-order chi connectivity index (χ1) is 22.6. The fourth-order valence-corrected chi connectivity index (χ4v) is 10.7. The Kier molecular flexibility index (Phi) is 9.81. The third-order valence-electron chi connectivity index (χ3n) is 11.1. The molecule has 0 bridgehead atoms. The van der Waals surface area contributed by atoms with Gasteiger partial charge in [0.05, 0.1) is 12.7 Å². The monoisotopic (exact) mass is 732 g/mol. The van der Waals surface area contributed by atoms with Gasteiger partial charge in [-0.25, -0.2) is 13.5 Å². The average Bonchev–Trinajstić information content (AvgIpc) is 3.42. The molecule has 0 radical (unpaired) electrons. The maximum absolute atomic E-state index is 17.3. The van der Waals surface area contributed by atoms with Crippen LogP contribution in [0.15, 0.2) is 36.0 Å². The number of rotatable bonds is 12. The summed E-state index contributed by atoms with van der Waals surface area (Å²) in [5.74, 6) is -5.83. The zero-order valence-electron chi connectivity index (χ0n) is 26.9. The van der Waals surface area contributed by atoms with Gasteiger partial charge in [0.2, 0.25) is 5.91 Å². The summed E-state index contributed by atoms with van der Waals surface area (Å²) < 4.78 is 55.7. The Balaban J connectivity index is 1.19. The lowest BCUT2D eigenvalue weighted by Gasteiger charge is -2.62. The van der Waals surface area contributed by atoms with Crippen LogP contribution in [0.3, 0.4) is 0 Å². The van der Waals surface area contributed by atoms with Crippen LogP contribution >= 0.6 is 15.6 Å². The highest BCUT2D eigenvalue weighted by molar-refractivity contribution is 7.61. The van der Waals surface area contributed by atoms with Crippen LogP contribution in [0.25, 0.3) is 0 Å². The van der Waals surface area contributed by atoms with E-state index in [1.54, 1.807) is 20.8 Å².